The fourth-order valence-electron chi connectivity index (χ4n) is 1.89. The third-order valence-corrected chi connectivity index (χ3v) is 2.97. The molecule has 0 saturated carbocycles. The van der Waals surface area contributed by atoms with Crippen LogP contribution in [-0.4, -0.2) is 52.5 Å². The Balaban J connectivity index is 2.49. The van der Waals surface area contributed by atoms with E-state index in [0.717, 1.165) is 12.8 Å². The molecule has 110 valence electrons. The lowest BCUT2D eigenvalue weighted by Crippen LogP contribution is -2.47. The van der Waals surface area contributed by atoms with Crippen LogP contribution in [0.3, 0.4) is 0 Å². The number of carbonyl (C=O) groups excluding carboxylic acids is 2. The Morgan fingerprint density at radius 3 is 2.75 bits per heavy atom. The summed E-state index contributed by atoms with van der Waals surface area (Å²) in [5.41, 5.74) is 8.17. The first-order valence-electron chi connectivity index (χ1n) is 6.39. The van der Waals surface area contributed by atoms with E-state index >= 15 is 0 Å². The van der Waals surface area contributed by atoms with E-state index in [4.69, 9.17) is 15.4 Å². The SMILES string of the molecule is [N-]=[N+]=CC(=O)CC[C@H](NC(=O)C1CCCCO1)C(=O)O. The molecular weight excluding hydrogens is 266 g/mol. The number of Topliss-reactive ketones (excluding diaryl/α,β-unsaturated/α-hetero) is 1. The predicted octanol–water partition coefficient (Wildman–Crippen LogP) is -0.225. The third-order valence-electron chi connectivity index (χ3n) is 2.97. The van der Waals surface area contributed by atoms with E-state index in [0.29, 0.717) is 19.2 Å². The molecule has 20 heavy (non-hydrogen) atoms. The Kier molecular flexibility index (Phi) is 6.55. The van der Waals surface area contributed by atoms with Crippen molar-refractivity contribution in [2.24, 2.45) is 0 Å². The summed E-state index contributed by atoms with van der Waals surface area (Å²) >= 11 is 0. The van der Waals surface area contributed by atoms with Crippen LogP contribution in [0.25, 0.3) is 5.53 Å². The van der Waals surface area contributed by atoms with Gasteiger partial charge in [0.25, 0.3) is 0 Å². The number of nitrogens with zero attached hydrogens (tertiary/aromatic N) is 2. The Morgan fingerprint density at radius 1 is 1.45 bits per heavy atom. The lowest BCUT2D eigenvalue weighted by Gasteiger charge is -2.23. The van der Waals surface area contributed by atoms with Crippen molar-refractivity contribution in [1.82, 2.24) is 5.32 Å². The Bertz CT molecular complexity index is 425. The second-order valence-electron chi connectivity index (χ2n) is 4.50. The highest BCUT2D eigenvalue weighted by Gasteiger charge is 2.27. The van der Waals surface area contributed by atoms with E-state index < -0.39 is 29.8 Å². The highest BCUT2D eigenvalue weighted by molar-refractivity contribution is 6.25. The number of ether oxygens (including phenoxy) is 1. The van der Waals surface area contributed by atoms with Crippen molar-refractivity contribution in [3.8, 4) is 0 Å². The Hall–Kier alpha value is -2.05. The molecule has 0 spiro atoms. The molecule has 0 aromatic carbocycles. The summed E-state index contributed by atoms with van der Waals surface area (Å²) in [6.45, 7) is 0.487. The fraction of sp³-hybridized carbons (Fsp3) is 0.667. The molecule has 0 aromatic rings. The van der Waals surface area contributed by atoms with E-state index in [1.165, 1.54) is 0 Å². The largest absolute Gasteiger partial charge is 0.480 e. The minimum absolute atomic E-state index is 0.0708. The number of carboxylic acid groups (broad SMARTS) is 1. The molecule has 8 nitrogen and oxygen atoms in total. The van der Waals surface area contributed by atoms with Gasteiger partial charge in [0.05, 0.1) is 0 Å². The molecule has 1 aliphatic rings. The quantitative estimate of drug-likeness (QED) is 0.379. The molecule has 1 amide bonds. The second kappa shape index (κ2) is 8.19. The summed E-state index contributed by atoms with van der Waals surface area (Å²) in [5.74, 6) is -2.20. The highest BCUT2D eigenvalue weighted by Crippen LogP contribution is 2.13. The lowest BCUT2D eigenvalue weighted by molar-refractivity contribution is -0.145. The van der Waals surface area contributed by atoms with Gasteiger partial charge in [0.2, 0.25) is 11.7 Å². The average Bonchev–Trinajstić information content (AvgIpc) is 2.44. The summed E-state index contributed by atoms with van der Waals surface area (Å²) in [6.07, 6.45) is 2.19. The summed E-state index contributed by atoms with van der Waals surface area (Å²) in [7, 11) is 0. The van der Waals surface area contributed by atoms with Gasteiger partial charge in [0, 0.05) is 13.0 Å². The van der Waals surface area contributed by atoms with Gasteiger partial charge in [0.15, 0.2) is 0 Å². The van der Waals surface area contributed by atoms with Crippen molar-refractivity contribution in [1.29, 1.82) is 0 Å². The fourth-order valence-corrected chi connectivity index (χ4v) is 1.89. The van der Waals surface area contributed by atoms with E-state index in [-0.39, 0.29) is 12.8 Å². The number of nitrogens with one attached hydrogen (secondary N) is 1. The Labute approximate surface area is 115 Å². The van der Waals surface area contributed by atoms with Crippen LogP contribution in [0.1, 0.15) is 32.1 Å². The van der Waals surface area contributed by atoms with Gasteiger partial charge >= 0.3 is 12.2 Å². The maximum Gasteiger partial charge on any atom is 0.326 e. The van der Waals surface area contributed by atoms with E-state index in [2.05, 4.69) is 10.1 Å². The standard InChI is InChI=1S/C12H17N3O5/c13-14-7-8(16)4-5-9(12(18)19)15-11(17)10-3-1-2-6-20-10/h7,9-10H,1-6H2,(H,15,17)(H,18,19)/t9-,10?/m0/s1. The van der Waals surface area contributed by atoms with Crippen molar-refractivity contribution in [2.45, 2.75) is 44.2 Å². The van der Waals surface area contributed by atoms with Gasteiger partial charge < -0.3 is 20.7 Å². The van der Waals surface area contributed by atoms with Crippen molar-refractivity contribution in [3.63, 3.8) is 0 Å². The zero-order chi connectivity index (χ0) is 15.0. The maximum atomic E-state index is 11.8. The number of rotatable bonds is 7. The van der Waals surface area contributed by atoms with Crippen LogP contribution >= 0.6 is 0 Å². The molecule has 1 heterocycles. The summed E-state index contributed by atoms with van der Waals surface area (Å²) in [5, 5.41) is 11.4. The smallest absolute Gasteiger partial charge is 0.326 e. The Morgan fingerprint density at radius 2 is 2.20 bits per heavy atom. The zero-order valence-electron chi connectivity index (χ0n) is 10.9. The second-order valence-corrected chi connectivity index (χ2v) is 4.50. The number of hydrogen-bond donors (Lipinski definition) is 2. The van der Waals surface area contributed by atoms with Gasteiger partial charge in [-0.25, -0.2) is 4.79 Å². The summed E-state index contributed by atoms with van der Waals surface area (Å²) < 4.78 is 5.26. The molecule has 1 saturated heterocycles. The minimum Gasteiger partial charge on any atom is -0.480 e. The summed E-state index contributed by atoms with van der Waals surface area (Å²) in [4.78, 5) is 36.6. The first-order chi connectivity index (χ1) is 9.54. The molecule has 0 aliphatic carbocycles. The van der Waals surface area contributed by atoms with Crippen molar-refractivity contribution >= 4 is 23.9 Å². The monoisotopic (exact) mass is 283 g/mol. The predicted molar refractivity (Wildman–Crippen MR) is 67.1 cm³/mol. The van der Waals surface area contributed by atoms with Crippen molar-refractivity contribution < 1.29 is 29.0 Å². The van der Waals surface area contributed by atoms with E-state index in [1.807, 2.05) is 0 Å². The molecule has 1 fully saturated rings. The van der Waals surface area contributed by atoms with Gasteiger partial charge in [-0.2, -0.15) is 4.79 Å². The van der Waals surface area contributed by atoms with Crippen LogP contribution in [0.2, 0.25) is 0 Å². The number of amides is 1. The van der Waals surface area contributed by atoms with Crippen LogP contribution in [0.4, 0.5) is 0 Å². The number of aliphatic carboxylic acids is 1. The molecule has 2 atom stereocenters. The van der Waals surface area contributed by atoms with Gasteiger partial charge in [-0.15, -0.1) is 0 Å². The van der Waals surface area contributed by atoms with Crippen LogP contribution in [0, 0.1) is 0 Å². The van der Waals surface area contributed by atoms with Crippen molar-refractivity contribution in [2.75, 3.05) is 6.61 Å². The van der Waals surface area contributed by atoms with E-state index in [1.54, 1.807) is 0 Å². The molecule has 8 heteroatoms. The topological polar surface area (TPSA) is 129 Å². The number of carboxylic acids is 1. The highest BCUT2D eigenvalue weighted by atomic mass is 16.5. The number of hydrogen-bond acceptors (Lipinski definition) is 4. The van der Waals surface area contributed by atoms with Gasteiger partial charge in [-0.1, -0.05) is 0 Å². The molecule has 0 aromatic heterocycles. The third kappa shape index (κ3) is 5.29. The van der Waals surface area contributed by atoms with Crippen LogP contribution in [-0.2, 0) is 19.1 Å². The van der Waals surface area contributed by atoms with E-state index in [9.17, 15) is 14.4 Å². The van der Waals surface area contributed by atoms with Gasteiger partial charge in [0.1, 0.15) is 12.1 Å². The van der Waals surface area contributed by atoms with Crippen LogP contribution < -0.4 is 5.32 Å². The molecular formula is C12H17N3O5. The first kappa shape index (κ1) is 16.0. The zero-order valence-corrected chi connectivity index (χ0v) is 10.9. The summed E-state index contributed by atoms with van der Waals surface area (Å²) in [6, 6.07) is -1.16. The molecule has 1 rings (SSSR count). The van der Waals surface area contributed by atoms with Gasteiger partial charge in [-0.05, 0) is 25.7 Å². The number of carbonyl (C=O) groups is 3. The lowest BCUT2D eigenvalue weighted by atomic mass is 10.1. The minimum atomic E-state index is -1.22. The average molecular weight is 283 g/mol. The normalized spacial score (nSPS) is 19.5. The number of ketones is 1. The maximum absolute atomic E-state index is 11.8. The molecule has 1 unspecified atom stereocenters. The van der Waals surface area contributed by atoms with Crippen LogP contribution in [0.5, 0.6) is 0 Å². The van der Waals surface area contributed by atoms with Crippen LogP contribution in [0.15, 0.2) is 0 Å². The molecule has 2 N–H and O–H groups in total. The van der Waals surface area contributed by atoms with Crippen molar-refractivity contribution in [3.05, 3.63) is 5.53 Å². The first-order valence-corrected chi connectivity index (χ1v) is 6.39. The molecule has 1 aliphatic heterocycles. The molecule has 0 radical (unpaired) electrons. The van der Waals surface area contributed by atoms with Gasteiger partial charge in [-0.3, -0.25) is 9.59 Å². The molecule has 0 bridgehead atoms.